The van der Waals surface area contributed by atoms with Gasteiger partial charge in [0.25, 0.3) is 10.1 Å². The average molecular weight is 427 g/mol. The van der Waals surface area contributed by atoms with Crippen molar-refractivity contribution in [3.05, 3.63) is 58.6 Å². The first-order chi connectivity index (χ1) is 13.2. The number of aryl methyl sites for hydroxylation is 1. The summed E-state index contributed by atoms with van der Waals surface area (Å²) >= 11 is 5.95. The Labute approximate surface area is 172 Å². The third-order valence-corrected chi connectivity index (χ3v) is 5.55. The summed E-state index contributed by atoms with van der Waals surface area (Å²) in [6.07, 6.45) is 0. The lowest BCUT2D eigenvalue weighted by Crippen LogP contribution is -2.47. The second-order valence-electron chi connectivity index (χ2n) is 6.97. The highest BCUT2D eigenvalue weighted by Gasteiger charge is 2.19. The molecule has 0 aliphatic carbocycles. The zero-order valence-electron chi connectivity index (χ0n) is 16.4. The Balaban J connectivity index is 0.000000221. The van der Waals surface area contributed by atoms with Crippen molar-refractivity contribution >= 4 is 21.7 Å². The molecule has 0 amide bonds. The molecule has 6 nitrogen and oxygen atoms in total. The van der Waals surface area contributed by atoms with E-state index >= 15 is 0 Å². The first-order valence-corrected chi connectivity index (χ1v) is 10.8. The molecule has 0 atom stereocenters. The van der Waals surface area contributed by atoms with Crippen LogP contribution in [-0.4, -0.2) is 51.7 Å². The van der Waals surface area contributed by atoms with E-state index in [0.717, 1.165) is 48.4 Å². The van der Waals surface area contributed by atoms with Crippen molar-refractivity contribution in [3.63, 3.8) is 0 Å². The van der Waals surface area contributed by atoms with Crippen LogP contribution in [0.3, 0.4) is 0 Å². The van der Waals surface area contributed by atoms with Gasteiger partial charge in [-0.15, -0.1) is 0 Å². The van der Waals surface area contributed by atoms with Gasteiger partial charge < -0.3 is 15.0 Å². The quantitative estimate of drug-likeness (QED) is 0.690. The number of nitrogens with zero attached hydrogens (tertiary/aromatic N) is 1. The van der Waals surface area contributed by atoms with E-state index in [4.69, 9.17) is 20.9 Å². The van der Waals surface area contributed by atoms with Crippen LogP contribution < -0.4 is 10.1 Å². The Bertz CT molecular complexity index is 868. The van der Waals surface area contributed by atoms with Gasteiger partial charge in [-0.25, -0.2) is 0 Å². The van der Waals surface area contributed by atoms with Crippen LogP contribution in [0.1, 0.15) is 11.1 Å². The topological polar surface area (TPSA) is 78.9 Å². The Morgan fingerprint density at radius 1 is 1.21 bits per heavy atom. The Kier molecular flexibility index (Phi) is 8.27. The molecule has 1 saturated heterocycles. The molecule has 0 radical (unpaired) electrons. The number of rotatable bonds is 6. The van der Waals surface area contributed by atoms with Gasteiger partial charge in [0.2, 0.25) is 0 Å². The van der Waals surface area contributed by atoms with E-state index in [1.165, 1.54) is 17.7 Å². The second-order valence-corrected chi connectivity index (χ2v) is 8.82. The van der Waals surface area contributed by atoms with Crippen LogP contribution in [0.5, 0.6) is 5.75 Å². The highest BCUT2D eigenvalue weighted by atomic mass is 35.5. The van der Waals surface area contributed by atoms with E-state index in [-0.39, 0.29) is 4.90 Å². The van der Waals surface area contributed by atoms with Crippen molar-refractivity contribution < 1.29 is 17.7 Å². The number of nitrogens with one attached hydrogen (secondary N) is 1. The number of benzene rings is 2. The largest absolute Gasteiger partial charge is 0.496 e. The number of halogens is 1. The maximum Gasteiger partial charge on any atom is 0.294 e. The summed E-state index contributed by atoms with van der Waals surface area (Å²) in [5, 5.41) is 4.01. The van der Waals surface area contributed by atoms with Gasteiger partial charge in [-0.3, -0.25) is 4.55 Å². The van der Waals surface area contributed by atoms with Crippen LogP contribution in [0.15, 0.2) is 47.4 Å². The summed E-state index contributed by atoms with van der Waals surface area (Å²) in [5.74, 6) is 1.66. The Morgan fingerprint density at radius 2 is 1.86 bits per heavy atom. The number of hydrogen-bond donors (Lipinski definition) is 2. The molecule has 1 aliphatic heterocycles. The molecule has 8 heteroatoms. The molecule has 28 heavy (non-hydrogen) atoms. The molecule has 3 rings (SSSR count). The summed E-state index contributed by atoms with van der Waals surface area (Å²) in [5.41, 5.74) is 2.14. The fourth-order valence-electron chi connectivity index (χ4n) is 2.83. The summed E-state index contributed by atoms with van der Waals surface area (Å²) < 4.78 is 34.9. The summed E-state index contributed by atoms with van der Waals surface area (Å²) in [7, 11) is -0.189. The molecular formula is C20H27ClN2O4S. The lowest BCUT2D eigenvalue weighted by molar-refractivity contribution is 0.217. The molecule has 2 aromatic carbocycles. The van der Waals surface area contributed by atoms with Crippen LogP contribution in [-0.2, 0) is 16.7 Å². The van der Waals surface area contributed by atoms with Crippen LogP contribution in [0.25, 0.3) is 0 Å². The lowest BCUT2D eigenvalue weighted by atomic mass is 10.0. The predicted molar refractivity (Wildman–Crippen MR) is 112 cm³/mol. The Hall–Kier alpha value is -1.64. The zero-order chi connectivity index (χ0) is 20.7. The van der Waals surface area contributed by atoms with Gasteiger partial charge in [0.15, 0.2) is 0 Å². The normalized spacial score (nSPS) is 14.2. The zero-order valence-corrected chi connectivity index (χ0v) is 17.9. The molecular weight excluding hydrogens is 400 g/mol. The van der Waals surface area contributed by atoms with E-state index in [1.54, 1.807) is 19.2 Å². The Morgan fingerprint density at radius 3 is 2.36 bits per heavy atom. The van der Waals surface area contributed by atoms with Gasteiger partial charge in [-0.2, -0.15) is 8.42 Å². The van der Waals surface area contributed by atoms with Crippen molar-refractivity contribution in [2.75, 3.05) is 33.8 Å². The van der Waals surface area contributed by atoms with Crippen LogP contribution in [0, 0.1) is 12.8 Å². The van der Waals surface area contributed by atoms with E-state index in [9.17, 15) is 8.42 Å². The minimum absolute atomic E-state index is 0.0666. The number of methoxy groups -OCH3 is 1. The molecule has 0 aromatic heterocycles. The minimum Gasteiger partial charge on any atom is -0.496 e. The molecule has 0 saturated carbocycles. The molecule has 2 aromatic rings. The van der Waals surface area contributed by atoms with E-state index < -0.39 is 10.1 Å². The van der Waals surface area contributed by atoms with Crippen molar-refractivity contribution in [1.29, 1.82) is 0 Å². The maximum absolute atomic E-state index is 10.5. The molecule has 154 valence electrons. The first-order valence-electron chi connectivity index (χ1n) is 8.95. The number of hydrogen-bond acceptors (Lipinski definition) is 5. The minimum atomic E-state index is -4.02. The maximum atomic E-state index is 10.5. The molecule has 0 bridgehead atoms. The molecule has 0 unspecified atom stereocenters. The fourth-order valence-corrected chi connectivity index (χ4v) is 3.48. The predicted octanol–water partition coefficient (Wildman–Crippen LogP) is 3.24. The van der Waals surface area contributed by atoms with E-state index in [2.05, 4.69) is 17.3 Å². The third kappa shape index (κ3) is 7.07. The first kappa shape index (κ1) is 22.6. The van der Waals surface area contributed by atoms with Gasteiger partial charge in [0.1, 0.15) is 5.75 Å². The summed E-state index contributed by atoms with van der Waals surface area (Å²) in [6, 6.07) is 11.8. The van der Waals surface area contributed by atoms with E-state index in [0.29, 0.717) is 0 Å². The third-order valence-electron chi connectivity index (χ3n) is 4.44. The summed E-state index contributed by atoms with van der Waals surface area (Å²) in [6.45, 7) is 6.15. The van der Waals surface area contributed by atoms with Crippen molar-refractivity contribution in [3.8, 4) is 5.75 Å². The number of ether oxygens (including phenoxy) is 1. The molecule has 1 aliphatic rings. The van der Waals surface area contributed by atoms with E-state index in [1.807, 2.05) is 25.1 Å². The summed E-state index contributed by atoms with van der Waals surface area (Å²) in [4.78, 5) is 2.26. The van der Waals surface area contributed by atoms with Crippen LogP contribution in [0.2, 0.25) is 5.02 Å². The lowest BCUT2D eigenvalue weighted by Gasteiger charge is -2.31. The molecule has 0 spiro atoms. The molecule has 1 heterocycles. The smallest absolute Gasteiger partial charge is 0.294 e. The second kappa shape index (κ2) is 10.2. The van der Waals surface area contributed by atoms with Crippen LogP contribution >= 0.6 is 11.6 Å². The standard InChI is InChI=1S/C13H19ClN2O.C7H8O3S/c1-16(8-10-6-15-7-10)9-11-3-4-12(14)5-13(11)17-2;1-6-2-4-7(5-3-6)11(8,9)10/h3-5,10,15H,6-9H2,1-2H3;2-5H,1H3,(H,8,9,10). The van der Waals surface area contributed by atoms with Crippen LogP contribution in [0.4, 0.5) is 0 Å². The van der Waals surface area contributed by atoms with Gasteiger partial charge >= 0.3 is 0 Å². The van der Waals surface area contributed by atoms with Gasteiger partial charge in [0, 0.05) is 36.8 Å². The van der Waals surface area contributed by atoms with Gasteiger partial charge in [-0.05, 0) is 44.2 Å². The highest BCUT2D eigenvalue weighted by Crippen LogP contribution is 2.24. The van der Waals surface area contributed by atoms with Crippen molar-refractivity contribution in [2.24, 2.45) is 5.92 Å². The highest BCUT2D eigenvalue weighted by molar-refractivity contribution is 7.85. The molecule has 2 N–H and O–H groups in total. The average Bonchev–Trinajstić information content (AvgIpc) is 2.60. The fraction of sp³-hybridized carbons (Fsp3) is 0.400. The molecule has 1 fully saturated rings. The monoisotopic (exact) mass is 426 g/mol. The van der Waals surface area contributed by atoms with Gasteiger partial charge in [0.05, 0.1) is 12.0 Å². The SMILES string of the molecule is COc1cc(Cl)ccc1CN(C)CC1CNC1.Cc1ccc(S(=O)(=O)O)cc1. The van der Waals surface area contributed by atoms with Crippen molar-refractivity contribution in [1.82, 2.24) is 10.2 Å². The van der Waals surface area contributed by atoms with Gasteiger partial charge in [-0.1, -0.05) is 35.4 Å². The van der Waals surface area contributed by atoms with Crippen molar-refractivity contribution in [2.45, 2.75) is 18.4 Å².